The first-order chi connectivity index (χ1) is 11.9. The first-order valence-electron chi connectivity index (χ1n) is 8.67. The Bertz CT molecular complexity index is 767. The second-order valence-electron chi connectivity index (χ2n) is 7.33. The van der Waals surface area contributed by atoms with Crippen molar-refractivity contribution < 1.29 is 14.6 Å². The largest absolute Gasteiger partial charge is 0.486 e. The maximum Gasteiger partial charge on any atom is 0.335 e. The van der Waals surface area contributed by atoms with Gasteiger partial charge in [-0.05, 0) is 60.2 Å². The van der Waals surface area contributed by atoms with Gasteiger partial charge in [-0.3, -0.25) is 0 Å². The van der Waals surface area contributed by atoms with Crippen molar-refractivity contribution in [3.05, 3.63) is 64.2 Å². The second-order valence-corrected chi connectivity index (χ2v) is 7.76. The number of carbonyl (C=O) groups is 1. The van der Waals surface area contributed by atoms with Crippen LogP contribution in [0.3, 0.4) is 0 Å². The molecule has 3 rings (SSSR count). The molecule has 25 heavy (non-hydrogen) atoms. The minimum absolute atomic E-state index is 0.313. The average molecular weight is 359 g/mol. The fourth-order valence-electron chi connectivity index (χ4n) is 3.42. The van der Waals surface area contributed by atoms with E-state index in [4.69, 9.17) is 16.3 Å². The lowest BCUT2D eigenvalue weighted by atomic mass is 9.84. The van der Waals surface area contributed by atoms with E-state index in [0.717, 1.165) is 42.0 Å². The molecule has 3 nitrogen and oxygen atoms in total. The van der Waals surface area contributed by atoms with Gasteiger partial charge < -0.3 is 9.84 Å². The van der Waals surface area contributed by atoms with Crippen LogP contribution in [-0.4, -0.2) is 16.7 Å². The fraction of sp³-hybridized carbons (Fsp3) is 0.381. The molecular weight excluding hydrogens is 336 g/mol. The van der Waals surface area contributed by atoms with Gasteiger partial charge in [0.15, 0.2) is 0 Å². The molecule has 0 bridgehead atoms. The van der Waals surface area contributed by atoms with Crippen LogP contribution in [0.25, 0.3) is 0 Å². The fourth-order valence-corrected chi connectivity index (χ4v) is 3.54. The van der Waals surface area contributed by atoms with Gasteiger partial charge in [-0.15, -0.1) is 0 Å². The molecule has 1 aliphatic rings. The summed E-state index contributed by atoms with van der Waals surface area (Å²) in [5.41, 5.74) is 2.16. The standard InChI is InChI=1S/C21H23ClO3/c1-14(2)9-10-21(12-15-3-6-18(22)7-4-15)13-17-11-16(20(23)24)5-8-19(17)25-21/h3-8,11,14H,9-10,12-13H2,1-2H3,(H,23,24). The highest BCUT2D eigenvalue weighted by molar-refractivity contribution is 6.30. The summed E-state index contributed by atoms with van der Waals surface area (Å²) in [5.74, 6) is 0.492. The van der Waals surface area contributed by atoms with Gasteiger partial charge in [0.2, 0.25) is 0 Å². The van der Waals surface area contributed by atoms with E-state index >= 15 is 0 Å². The van der Waals surface area contributed by atoms with E-state index in [1.165, 1.54) is 5.56 Å². The Hall–Kier alpha value is -2.00. The lowest BCUT2D eigenvalue weighted by Crippen LogP contribution is -2.37. The van der Waals surface area contributed by atoms with Crippen molar-refractivity contribution >= 4 is 17.6 Å². The summed E-state index contributed by atoms with van der Waals surface area (Å²) in [7, 11) is 0. The molecule has 1 heterocycles. The average Bonchev–Trinajstić information content (AvgIpc) is 2.92. The van der Waals surface area contributed by atoms with Gasteiger partial charge >= 0.3 is 5.97 Å². The molecule has 0 aromatic heterocycles. The van der Waals surface area contributed by atoms with E-state index in [0.29, 0.717) is 11.5 Å². The first-order valence-corrected chi connectivity index (χ1v) is 9.04. The van der Waals surface area contributed by atoms with Crippen LogP contribution in [-0.2, 0) is 12.8 Å². The second kappa shape index (κ2) is 7.09. The first kappa shape index (κ1) is 17.8. The van der Waals surface area contributed by atoms with Crippen LogP contribution in [0, 0.1) is 5.92 Å². The Morgan fingerprint density at radius 3 is 2.60 bits per heavy atom. The minimum atomic E-state index is -0.903. The molecule has 4 heteroatoms. The van der Waals surface area contributed by atoms with E-state index in [1.807, 2.05) is 24.3 Å². The van der Waals surface area contributed by atoms with Gasteiger partial charge in [-0.25, -0.2) is 4.79 Å². The van der Waals surface area contributed by atoms with Crippen molar-refractivity contribution in [3.63, 3.8) is 0 Å². The summed E-state index contributed by atoms with van der Waals surface area (Å²) >= 11 is 6.00. The molecule has 0 saturated carbocycles. The van der Waals surface area contributed by atoms with Crippen molar-refractivity contribution in [1.82, 2.24) is 0 Å². The van der Waals surface area contributed by atoms with Crippen LogP contribution in [0.5, 0.6) is 5.75 Å². The van der Waals surface area contributed by atoms with E-state index < -0.39 is 5.97 Å². The smallest absolute Gasteiger partial charge is 0.335 e. The highest BCUT2D eigenvalue weighted by Crippen LogP contribution is 2.41. The van der Waals surface area contributed by atoms with Gasteiger partial charge in [0.05, 0.1) is 5.56 Å². The normalized spacial score (nSPS) is 18.9. The van der Waals surface area contributed by atoms with Crippen LogP contribution in [0.4, 0.5) is 0 Å². The molecule has 0 radical (unpaired) electrons. The van der Waals surface area contributed by atoms with E-state index in [9.17, 15) is 9.90 Å². The van der Waals surface area contributed by atoms with Crippen LogP contribution < -0.4 is 4.74 Å². The zero-order chi connectivity index (χ0) is 18.0. The molecule has 0 saturated heterocycles. The monoisotopic (exact) mass is 358 g/mol. The molecule has 0 aliphatic carbocycles. The predicted octanol–water partition coefficient (Wildman–Crippen LogP) is 5.39. The number of fused-ring (bicyclic) bond motifs is 1. The maximum atomic E-state index is 11.2. The molecule has 0 fully saturated rings. The Labute approximate surface area is 153 Å². The lowest BCUT2D eigenvalue weighted by Gasteiger charge is -2.30. The third kappa shape index (κ3) is 4.16. The van der Waals surface area contributed by atoms with Gasteiger partial charge in [-0.1, -0.05) is 37.6 Å². The summed E-state index contributed by atoms with van der Waals surface area (Å²) in [6, 6.07) is 13.0. The Kier molecular flexibility index (Phi) is 5.05. The Morgan fingerprint density at radius 1 is 1.24 bits per heavy atom. The Morgan fingerprint density at radius 2 is 1.96 bits per heavy atom. The summed E-state index contributed by atoms with van der Waals surface area (Å²) < 4.78 is 6.39. The van der Waals surface area contributed by atoms with Crippen molar-refractivity contribution in [3.8, 4) is 5.75 Å². The molecule has 1 atom stereocenters. The molecule has 132 valence electrons. The molecule has 0 spiro atoms. The van der Waals surface area contributed by atoms with E-state index in [1.54, 1.807) is 18.2 Å². The van der Waals surface area contributed by atoms with Crippen molar-refractivity contribution in [1.29, 1.82) is 0 Å². The molecule has 2 aromatic carbocycles. The highest BCUT2D eigenvalue weighted by Gasteiger charge is 2.39. The number of ether oxygens (including phenoxy) is 1. The number of hydrogen-bond acceptors (Lipinski definition) is 2. The van der Waals surface area contributed by atoms with Gasteiger partial charge in [0.1, 0.15) is 11.4 Å². The van der Waals surface area contributed by atoms with Crippen molar-refractivity contribution in [2.75, 3.05) is 0 Å². The number of carboxylic acids is 1. The summed E-state index contributed by atoms with van der Waals surface area (Å²) in [5, 5.41) is 9.95. The maximum absolute atomic E-state index is 11.2. The third-order valence-electron chi connectivity index (χ3n) is 4.76. The Balaban J connectivity index is 1.87. The third-order valence-corrected chi connectivity index (χ3v) is 5.02. The minimum Gasteiger partial charge on any atom is -0.486 e. The molecule has 1 unspecified atom stereocenters. The van der Waals surface area contributed by atoms with Gasteiger partial charge in [-0.2, -0.15) is 0 Å². The predicted molar refractivity (Wildman–Crippen MR) is 99.7 cm³/mol. The van der Waals surface area contributed by atoms with Crippen molar-refractivity contribution in [2.24, 2.45) is 5.92 Å². The zero-order valence-corrected chi connectivity index (χ0v) is 15.3. The topological polar surface area (TPSA) is 46.5 Å². The van der Waals surface area contributed by atoms with Gasteiger partial charge in [0, 0.05) is 17.9 Å². The quantitative estimate of drug-likeness (QED) is 0.752. The van der Waals surface area contributed by atoms with Crippen molar-refractivity contribution in [2.45, 2.75) is 45.1 Å². The number of benzene rings is 2. The SMILES string of the molecule is CC(C)CCC1(Cc2ccc(Cl)cc2)Cc2cc(C(=O)O)ccc2O1. The van der Waals surface area contributed by atoms with Crippen LogP contribution >= 0.6 is 11.6 Å². The molecule has 1 N–H and O–H groups in total. The summed E-state index contributed by atoms with van der Waals surface area (Å²) in [6.07, 6.45) is 3.52. The summed E-state index contributed by atoms with van der Waals surface area (Å²) in [4.78, 5) is 11.2. The van der Waals surface area contributed by atoms with E-state index in [2.05, 4.69) is 13.8 Å². The molecule has 1 aliphatic heterocycles. The zero-order valence-electron chi connectivity index (χ0n) is 14.6. The lowest BCUT2D eigenvalue weighted by molar-refractivity contribution is 0.0696. The van der Waals surface area contributed by atoms with Crippen LogP contribution in [0.2, 0.25) is 5.02 Å². The molecule has 2 aromatic rings. The highest BCUT2D eigenvalue weighted by atomic mass is 35.5. The van der Waals surface area contributed by atoms with Crippen LogP contribution in [0.1, 0.15) is 48.2 Å². The number of hydrogen-bond donors (Lipinski definition) is 1. The van der Waals surface area contributed by atoms with Crippen LogP contribution in [0.15, 0.2) is 42.5 Å². The summed E-state index contributed by atoms with van der Waals surface area (Å²) in [6.45, 7) is 4.42. The molecular formula is C21H23ClO3. The van der Waals surface area contributed by atoms with E-state index in [-0.39, 0.29) is 5.60 Å². The van der Waals surface area contributed by atoms with Gasteiger partial charge in [0.25, 0.3) is 0 Å². The molecule has 0 amide bonds. The number of rotatable bonds is 6. The number of halogens is 1. The number of aromatic carboxylic acids is 1. The number of carboxylic acid groups (broad SMARTS) is 1.